The minimum absolute atomic E-state index is 0.139. The zero-order chi connectivity index (χ0) is 27.5. The molecule has 0 bridgehead atoms. The third-order valence-electron chi connectivity index (χ3n) is 7.37. The van der Waals surface area contributed by atoms with E-state index in [9.17, 15) is 0 Å². The number of benzene rings is 3. The van der Waals surface area contributed by atoms with Gasteiger partial charge in [-0.2, -0.15) is 0 Å². The molecular formula is C31H29ClN4O4. The van der Waals surface area contributed by atoms with E-state index >= 15 is 0 Å². The average Bonchev–Trinajstić information content (AvgIpc) is 3.67. The van der Waals surface area contributed by atoms with Crippen LogP contribution < -0.4 is 9.47 Å². The van der Waals surface area contributed by atoms with Crippen molar-refractivity contribution in [2.24, 2.45) is 0 Å². The highest BCUT2D eigenvalue weighted by molar-refractivity contribution is 6.33. The first kappa shape index (κ1) is 26.3. The lowest BCUT2D eigenvalue weighted by Crippen LogP contribution is -2.35. The predicted molar refractivity (Wildman–Crippen MR) is 152 cm³/mol. The molecule has 1 fully saturated rings. The quantitative estimate of drug-likeness (QED) is 0.158. The van der Waals surface area contributed by atoms with Gasteiger partial charge in [0.25, 0.3) is 0 Å². The smallest absolute Gasteiger partial charge is 0.166 e. The van der Waals surface area contributed by atoms with Crippen LogP contribution in [0.2, 0.25) is 5.15 Å². The van der Waals surface area contributed by atoms with Crippen molar-refractivity contribution in [2.45, 2.75) is 30.8 Å². The number of ether oxygens (including phenoxy) is 4. The summed E-state index contributed by atoms with van der Waals surface area (Å²) in [5.74, 6) is 1.55. The minimum Gasteiger partial charge on any atom is -0.497 e. The molecule has 3 heterocycles. The second kappa shape index (κ2) is 11.3. The number of fused-ring (bicyclic) bond motifs is 1. The van der Waals surface area contributed by atoms with E-state index in [1.807, 2.05) is 47.0 Å². The number of aromatic nitrogens is 4. The summed E-state index contributed by atoms with van der Waals surface area (Å²) in [5.41, 5.74) is 3.28. The first-order valence-electron chi connectivity index (χ1n) is 13.1. The molecule has 0 spiro atoms. The van der Waals surface area contributed by atoms with Crippen molar-refractivity contribution < 1.29 is 18.9 Å². The van der Waals surface area contributed by atoms with Gasteiger partial charge in [0.15, 0.2) is 10.8 Å². The average molecular weight is 557 g/mol. The van der Waals surface area contributed by atoms with E-state index in [0.29, 0.717) is 22.9 Å². The highest BCUT2D eigenvalue weighted by Crippen LogP contribution is 2.43. The fourth-order valence-corrected chi connectivity index (χ4v) is 5.52. The molecule has 5 aromatic rings. The van der Waals surface area contributed by atoms with Gasteiger partial charge in [0, 0.05) is 0 Å². The van der Waals surface area contributed by atoms with Crippen molar-refractivity contribution >= 4 is 22.8 Å². The highest BCUT2D eigenvalue weighted by Gasteiger charge is 2.40. The van der Waals surface area contributed by atoms with E-state index in [-0.39, 0.29) is 12.3 Å². The van der Waals surface area contributed by atoms with Crippen LogP contribution in [0.15, 0.2) is 91.5 Å². The van der Waals surface area contributed by atoms with Crippen LogP contribution >= 0.6 is 11.6 Å². The molecule has 3 aromatic carbocycles. The summed E-state index contributed by atoms with van der Waals surface area (Å²) >= 11 is 6.21. The molecule has 204 valence electrons. The Morgan fingerprint density at radius 3 is 2.08 bits per heavy atom. The van der Waals surface area contributed by atoms with Gasteiger partial charge in [-0.1, -0.05) is 66.2 Å². The number of imidazole rings is 1. The lowest BCUT2D eigenvalue weighted by Gasteiger charge is -2.37. The Bertz CT molecular complexity index is 1530. The Balaban J connectivity index is 1.34. The molecule has 6 rings (SSSR count). The standard InChI is InChI=1S/C31H29ClN4O4/c1-37-24-12-8-22(9-13-24)31(21-6-4-3-5-7-21,23-10-14-25(38-2)15-11-23)39-18-26-16-17-27(40-26)36-20-35-28-29(32)33-19-34-30(28)36/h3-15,19-20,26-27H,16-18H2,1-2H3/t26-,27+/m0/s1. The van der Waals surface area contributed by atoms with Crippen molar-refractivity contribution in [1.29, 1.82) is 0 Å². The second-order valence-corrected chi connectivity index (χ2v) is 9.95. The van der Waals surface area contributed by atoms with Gasteiger partial charge < -0.3 is 18.9 Å². The lowest BCUT2D eigenvalue weighted by molar-refractivity contribution is -0.0756. The first-order chi connectivity index (χ1) is 19.6. The van der Waals surface area contributed by atoms with Gasteiger partial charge in [-0.25, -0.2) is 15.0 Å². The van der Waals surface area contributed by atoms with Crippen LogP contribution in [0, 0.1) is 0 Å². The van der Waals surface area contributed by atoms with Gasteiger partial charge in [-0.15, -0.1) is 0 Å². The van der Waals surface area contributed by atoms with Crippen LogP contribution in [0.4, 0.5) is 0 Å². The van der Waals surface area contributed by atoms with Crippen LogP contribution in [0.3, 0.4) is 0 Å². The molecule has 0 amide bonds. The SMILES string of the molecule is COc1ccc(C(OC[C@@H]2CC[C@H](n3cnc4c(Cl)ncnc43)O2)(c2ccccc2)c2ccc(OC)cc2)cc1. The molecule has 1 aliphatic heterocycles. The molecule has 1 saturated heterocycles. The van der Waals surface area contributed by atoms with Crippen molar-refractivity contribution in [3.63, 3.8) is 0 Å². The number of hydrogen-bond acceptors (Lipinski definition) is 7. The molecule has 8 nitrogen and oxygen atoms in total. The van der Waals surface area contributed by atoms with E-state index in [0.717, 1.165) is 41.0 Å². The Morgan fingerprint density at radius 2 is 1.45 bits per heavy atom. The Kier molecular flexibility index (Phi) is 7.38. The van der Waals surface area contributed by atoms with E-state index < -0.39 is 5.60 Å². The summed E-state index contributed by atoms with van der Waals surface area (Å²) < 4.78 is 26.3. The largest absolute Gasteiger partial charge is 0.497 e. The molecule has 2 atom stereocenters. The predicted octanol–water partition coefficient (Wildman–Crippen LogP) is 6.18. The van der Waals surface area contributed by atoms with Crippen molar-refractivity contribution in [2.75, 3.05) is 20.8 Å². The van der Waals surface area contributed by atoms with E-state index in [4.69, 9.17) is 30.5 Å². The van der Waals surface area contributed by atoms with E-state index in [2.05, 4.69) is 51.4 Å². The van der Waals surface area contributed by atoms with Crippen molar-refractivity contribution in [3.05, 3.63) is 113 Å². The maximum atomic E-state index is 7.01. The fraction of sp³-hybridized carbons (Fsp3) is 0.258. The maximum absolute atomic E-state index is 7.01. The Morgan fingerprint density at radius 1 is 0.825 bits per heavy atom. The fourth-order valence-electron chi connectivity index (χ4n) is 5.34. The first-order valence-corrected chi connectivity index (χ1v) is 13.5. The summed E-state index contributed by atoms with van der Waals surface area (Å²) in [4.78, 5) is 12.8. The summed E-state index contributed by atoms with van der Waals surface area (Å²) in [7, 11) is 3.33. The Labute approximate surface area is 237 Å². The highest BCUT2D eigenvalue weighted by atomic mass is 35.5. The molecule has 0 N–H and O–H groups in total. The molecular weight excluding hydrogens is 528 g/mol. The van der Waals surface area contributed by atoms with Crippen LogP contribution in [0.1, 0.15) is 35.8 Å². The van der Waals surface area contributed by atoms with Crippen LogP contribution in [0.5, 0.6) is 11.5 Å². The van der Waals surface area contributed by atoms with Crippen molar-refractivity contribution in [1.82, 2.24) is 19.5 Å². The van der Waals surface area contributed by atoms with Gasteiger partial charge in [0.2, 0.25) is 0 Å². The monoisotopic (exact) mass is 556 g/mol. The maximum Gasteiger partial charge on any atom is 0.166 e. The topological polar surface area (TPSA) is 80.5 Å². The number of rotatable bonds is 9. The van der Waals surface area contributed by atoms with Crippen LogP contribution in [-0.2, 0) is 15.1 Å². The van der Waals surface area contributed by atoms with E-state index in [1.165, 1.54) is 6.33 Å². The van der Waals surface area contributed by atoms with Gasteiger partial charge >= 0.3 is 0 Å². The second-order valence-electron chi connectivity index (χ2n) is 9.59. The van der Waals surface area contributed by atoms with Crippen molar-refractivity contribution in [3.8, 4) is 11.5 Å². The summed E-state index contributed by atoms with van der Waals surface area (Å²) in [5, 5.41) is 0.327. The number of halogens is 1. The number of methoxy groups -OCH3 is 2. The van der Waals surface area contributed by atoms with Gasteiger partial charge in [0.05, 0.1) is 33.3 Å². The lowest BCUT2D eigenvalue weighted by atomic mass is 9.80. The zero-order valence-corrected chi connectivity index (χ0v) is 23.0. The van der Waals surface area contributed by atoms with Gasteiger partial charge in [-0.05, 0) is 53.8 Å². The molecule has 0 unspecified atom stereocenters. The summed E-state index contributed by atoms with van der Waals surface area (Å²) in [6.45, 7) is 0.367. The third kappa shape index (κ3) is 4.79. The summed E-state index contributed by atoms with van der Waals surface area (Å²) in [6, 6.07) is 26.3. The zero-order valence-electron chi connectivity index (χ0n) is 22.2. The normalized spacial score (nSPS) is 17.3. The van der Waals surface area contributed by atoms with Crippen LogP contribution in [0.25, 0.3) is 11.2 Å². The van der Waals surface area contributed by atoms with Crippen LogP contribution in [-0.4, -0.2) is 46.4 Å². The number of hydrogen-bond donors (Lipinski definition) is 0. The molecule has 0 aliphatic carbocycles. The molecule has 9 heteroatoms. The van der Waals surface area contributed by atoms with E-state index in [1.54, 1.807) is 20.5 Å². The molecule has 40 heavy (non-hydrogen) atoms. The number of nitrogens with zero attached hydrogens (tertiary/aromatic N) is 4. The third-order valence-corrected chi connectivity index (χ3v) is 7.65. The minimum atomic E-state index is -0.899. The summed E-state index contributed by atoms with van der Waals surface area (Å²) in [6.07, 6.45) is 4.40. The van der Waals surface area contributed by atoms with Gasteiger partial charge in [0.1, 0.15) is 35.2 Å². The molecule has 0 saturated carbocycles. The van der Waals surface area contributed by atoms with Gasteiger partial charge in [-0.3, -0.25) is 4.57 Å². The Hall–Kier alpha value is -3.98. The molecule has 0 radical (unpaired) electrons. The molecule has 1 aliphatic rings. The molecule has 2 aromatic heterocycles.